The van der Waals surface area contributed by atoms with Crippen molar-refractivity contribution in [2.24, 2.45) is 38.7 Å². The van der Waals surface area contributed by atoms with E-state index in [0.29, 0.717) is 22.0 Å². The van der Waals surface area contributed by atoms with E-state index in [0.717, 1.165) is 33.7 Å². The minimum atomic E-state index is -1.73. The molecule has 75 heavy (non-hydrogen) atoms. The van der Waals surface area contributed by atoms with E-state index in [2.05, 4.69) is 57.5 Å². The third-order valence-electron chi connectivity index (χ3n) is 11.3. The Balaban J connectivity index is 1.76. The van der Waals surface area contributed by atoms with Crippen molar-refractivity contribution in [2.75, 3.05) is 31.2 Å². The van der Waals surface area contributed by atoms with Crippen molar-refractivity contribution in [1.82, 2.24) is 47.5 Å². The molecular weight excluding hydrogens is 1020 g/mol. The molecule has 1 saturated heterocycles. The monoisotopic (exact) mass is 1080 g/mol. The predicted molar refractivity (Wildman–Crippen MR) is 280 cm³/mol. The van der Waals surface area contributed by atoms with E-state index in [4.69, 9.17) is 28.7 Å². The molecule has 0 saturated carbocycles. The number of nitrogens with zero attached hydrogens (tertiary/aromatic N) is 2. The third kappa shape index (κ3) is 19.9. The molecule has 0 radical (unpaired) electrons. The van der Waals surface area contributed by atoms with Crippen LogP contribution in [0.5, 0.6) is 0 Å². The van der Waals surface area contributed by atoms with Crippen molar-refractivity contribution in [3.63, 3.8) is 0 Å². The van der Waals surface area contributed by atoms with Crippen LogP contribution in [0.1, 0.15) is 50.7 Å². The number of guanidine groups is 2. The van der Waals surface area contributed by atoms with Gasteiger partial charge >= 0.3 is 0 Å². The summed E-state index contributed by atoms with van der Waals surface area (Å²) < 4.78 is 14.0. The van der Waals surface area contributed by atoms with E-state index < -0.39 is 114 Å². The number of aliphatic hydroxyl groups excluding tert-OH is 1. The molecule has 0 aliphatic carbocycles. The maximum Gasteiger partial charge on any atom is 0.245 e. The van der Waals surface area contributed by atoms with E-state index in [9.17, 15) is 52.6 Å². The number of aliphatic hydroxyl groups is 1. The van der Waals surface area contributed by atoms with Gasteiger partial charge in [0.25, 0.3) is 0 Å². The normalized spacial score (nSPS) is 22.1. The summed E-state index contributed by atoms with van der Waals surface area (Å²) >= 11 is 0. The van der Waals surface area contributed by atoms with Gasteiger partial charge < -0.3 is 81.3 Å². The maximum absolute atomic E-state index is 14.5. The summed E-state index contributed by atoms with van der Waals surface area (Å²) in [6.45, 7) is 1.55. The zero-order chi connectivity index (χ0) is 55.2. The maximum atomic E-state index is 14.5. The number of benzene rings is 2. The first-order valence-corrected chi connectivity index (χ1v) is 26.1. The summed E-state index contributed by atoms with van der Waals surface area (Å²) in [7, 11) is 1.94. The molecule has 1 aliphatic heterocycles. The van der Waals surface area contributed by atoms with Crippen LogP contribution in [-0.4, -0.2) is 155 Å². The molecule has 1 aliphatic rings. The van der Waals surface area contributed by atoms with Crippen LogP contribution in [0.3, 0.4) is 0 Å². The summed E-state index contributed by atoms with van der Waals surface area (Å²) in [4.78, 5) is 134. The second-order valence-electron chi connectivity index (χ2n) is 17.3. The molecule has 1 fully saturated rings. The SMILES string of the molecule is CC(=O)N[C@@H](CCCN=C(N)N)C(=O)N[C@H]1CSSC[C@@H](C(N)=O)NC(=O)[C@H](Cc2c[nH]c3ccccc23)NC(=O)[C@H](CCCN=C(N)N)NC(=O)[C@@H](Cc2ccc(F)cc2)NC(=O)[C@H](CO)NC(=O)[C@@H](C)NC1=O. The van der Waals surface area contributed by atoms with Gasteiger partial charge in [0.05, 0.1) is 6.61 Å². The number of para-hydroxylation sites is 1. The highest BCUT2D eigenvalue weighted by atomic mass is 33.1. The Morgan fingerprint density at radius 2 is 1.29 bits per heavy atom. The Labute approximate surface area is 438 Å². The van der Waals surface area contributed by atoms with Gasteiger partial charge in [-0.15, -0.1) is 0 Å². The average Bonchev–Trinajstić information content (AvgIpc) is 3.77. The molecule has 2 heterocycles. The average molecular weight is 1090 g/mol. The number of aromatic amines is 1. The molecule has 29 heteroatoms. The number of aliphatic imine (C=N–C) groups is 2. The zero-order valence-electron chi connectivity index (χ0n) is 41.2. The Kier molecular flexibility index (Phi) is 23.9. The summed E-state index contributed by atoms with van der Waals surface area (Å²) in [5.41, 5.74) is 29.3. The molecule has 1 aromatic heterocycles. The molecular formula is C46H65FN16O10S2. The van der Waals surface area contributed by atoms with Gasteiger partial charge in [-0.2, -0.15) is 0 Å². The minimum Gasteiger partial charge on any atom is -0.394 e. The van der Waals surface area contributed by atoms with Gasteiger partial charge in [-0.25, -0.2) is 4.39 Å². The molecule has 3 aromatic rings. The van der Waals surface area contributed by atoms with Crippen molar-refractivity contribution in [2.45, 2.75) is 101 Å². The molecule has 4 rings (SSSR count). The first-order chi connectivity index (χ1) is 35.6. The summed E-state index contributed by atoms with van der Waals surface area (Å²) in [5.74, 6) is -9.49. The van der Waals surface area contributed by atoms with Crippen LogP contribution in [0, 0.1) is 5.82 Å². The molecule has 0 bridgehead atoms. The van der Waals surface area contributed by atoms with Gasteiger partial charge in [0.15, 0.2) is 11.9 Å². The summed E-state index contributed by atoms with van der Waals surface area (Å²) in [5, 5.41) is 31.4. The Morgan fingerprint density at radius 1 is 0.720 bits per heavy atom. The Morgan fingerprint density at radius 3 is 1.93 bits per heavy atom. The van der Waals surface area contributed by atoms with Crippen LogP contribution in [-0.2, 0) is 56.0 Å². The zero-order valence-corrected chi connectivity index (χ0v) is 42.8. The van der Waals surface area contributed by atoms with Crippen LogP contribution in [0.4, 0.5) is 4.39 Å². The third-order valence-corrected chi connectivity index (χ3v) is 13.8. The predicted octanol–water partition coefficient (Wildman–Crippen LogP) is -4.01. The van der Waals surface area contributed by atoms with Gasteiger partial charge in [0.2, 0.25) is 53.2 Å². The van der Waals surface area contributed by atoms with Gasteiger partial charge in [-0.1, -0.05) is 51.9 Å². The quantitative estimate of drug-likeness (QED) is 0.0265. The Bertz CT molecular complexity index is 2560. The first-order valence-electron chi connectivity index (χ1n) is 23.6. The molecule has 0 spiro atoms. The fourth-order valence-corrected chi connectivity index (χ4v) is 9.77. The number of aromatic nitrogens is 1. The van der Waals surface area contributed by atoms with Crippen LogP contribution in [0.2, 0.25) is 0 Å². The molecule has 26 nitrogen and oxygen atoms in total. The fourth-order valence-electron chi connectivity index (χ4n) is 7.43. The first kappa shape index (κ1) is 59.9. The number of carbonyl (C=O) groups is 9. The number of rotatable bonds is 17. The lowest BCUT2D eigenvalue weighted by molar-refractivity contribution is -0.136. The van der Waals surface area contributed by atoms with E-state index in [1.807, 2.05) is 0 Å². The van der Waals surface area contributed by atoms with Crippen LogP contribution in [0.25, 0.3) is 10.9 Å². The molecule has 0 unspecified atom stereocenters. The van der Waals surface area contributed by atoms with Gasteiger partial charge in [-0.3, -0.25) is 53.1 Å². The summed E-state index contributed by atoms with van der Waals surface area (Å²) in [6, 6.07) is 0.492. The molecule has 9 amide bonds. The number of hydrogen-bond acceptors (Lipinski definition) is 14. The fraction of sp³-hybridized carbons (Fsp3) is 0.457. The lowest BCUT2D eigenvalue weighted by Crippen LogP contribution is -2.61. The van der Waals surface area contributed by atoms with Gasteiger partial charge in [-0.05, 0) is 61.9 Å². The van der Waals surface area contributed by atoms with Crippen LogP contribution in [0.15, 0.2) is 64.7 Å². The van der Waals surface area contributed by atoms with E-state index in [1.54, 1.807) is 30.5 Å². The van der Waals surface area contributed by atoms with Crippen molar-refractivity contribution in [1.29, 1.82) is 0 Å². The standard InChI is InChI=1S/C46H65FN16O10S2/c1-23-38(67)61-34(20-64)43(72)59-32(17-25-11-13-27(47)14-12-25)41(70)58-31(10-6-16-54-46(51)52)40(69)60-33(18-26-19-55-29-8-4-3-7-28(26)29)42(71)62-35(37(48)66)21-74-75-22-36(44(73)56-23)63-39(68)30(57-24(2)65)9-5-15-53-45(49)50/h3-4,7-8,11-14,19,23,30-36,55,64H,5-6,9-10,15-18,20-22H2,1-2H3,(H2,48,66)(H,56,73)(H,57,65)(H,58,70)(H,59,72)(H,60,69)(H,61,67)(H,62,71)(H,63,68)(H4,49,50,53)(H4,51,52,54)/t23-,30+,31+,32-,33+,34+,35+,36+/m1/s1. The summed E-state index contributed by atoms with van der Waals surface area (Å²) in [6.07, 6.45) is 1.44. The lowest BCUT2D eigenvalue weighted by atomic mass is 10.0. The Hall–Kier alpha value is -7.66. The minimum absolute atomic E-state index is 0.0101. The number of carbonyl (C=O) groups excluding carboxylic acids is 9. The van der Waals surface area contributed by atoms with Crippen molar-refractivity contribution < 1.29 is 52.6 Å². The van der Waals surface area contributed by atoms with Gasteiger partial charge in [0.1, 0.15) is 54.2 Å². The van der Waals surface area contributed by atoms with Crippen molar-refractivity contribution >= 4 is 97.6 Å². The number of primary amides is 1. The number of nitrogens with two attached hydrogens (primary N) is 5. The van der Waals surface area contributed by atoms with Gasteiger partial charge in [0, 0.05) is 61.5 Å². The number of hydrogen-bond donors (Lipinski definition) is 15. The molecule has 2 aromatic carbocycles. The second-order valence-corrected chi connectivity index (χ2v) is 19.8. The van der Waals surface area contributed by atoms with Crippen molar-refractivity contribution in [3.05, 3.63) is 71.7 Å². The highest BCUT2D eigenvalue weighted by molar-refractivity contribution is 8.76. The number of fused-ring (bicyclic) bond motifs is 1. The second kappa shape index (κ2) is 29.9. The number of amides is 9. The van der Waals surface area contributed by atoms with Crippen LogP contribution >= 0.6 is 21.6 Å². The van der Waals surface area contributed by atoms with Crippen molar-refractivity contribution in [3.8, 4) is 0 Å². The number of nitrogens with one attached hydrogen (secondary N) is 9. The highest BCUT2D eigenvalue weighted by Crippen LogP contribution is 2.24. The van der Waals surface area contributed by atoms with Crippen LogP contribution < -0.4 is 71.2 Å². The lowest BCUT2D eigenvalue weighted by Gasteiger charge is -2.27. The topological polar surface area (TPSA) is 441 Å². The largest absolute Gasteiger partial charge is 0.394 e. The smallest absolute Gasteiger partial charge is 0.245 e. The van der Waals surface area contributed by atoms with E-state index in [1.165, 1.54) is 26.0 Å². The molecule has 20 N–H and O–H groups in total. The number of H-pyrrole nitrogens is 1. The highest BCUT2D eigenvalue weighted by Gasteiger charge is 2.35. The number of halogens is 1. The van der Waals surface area contributed by atoms with E-state index in [-0.39, 0.29) is 75.0 Å². The van der Waals surface area contributed by atoms with E-state index >= 15 is 0 Å². The molecule has 408 valence electrons. The molecule has 8 atom stereocenters.